The Kier molecular flexibility index (Phi) is 5.08. The van der Waals surface area contributed by atoms with E-state index in [1.165, 1.54) is 5.56 Å². The molecule has 25 heavy (non-hydrogen) atoms. The zero-order chi connectivity index (χ0) is 17.9. The van der Waals surface area contributed by atoms with Crippen LogP contribution in [-0.4, -0.2) is 18.0 Å². The van der Waals surface area contributed by atoms with Gasteiger partial charge in [-0.25, -0.2) is 13.4 Å². The number of hydrogen-bond acceptors (Lipinski definition) is 3. The first-order valence-electron chi connectivity index (χ1n) is 8.60. The topological polar surface area (TPSA) is 64.0 Å². The molecule has 0 aliphatic heterocycles. The third-order valence-corrected chi connectivity index (χ3v) is 5.66. The molecule has 0 fully saturated rings. The number of rotatable bonds is 7. The molecule has 1 aromatic carbocycles. The quantitative estimate of drug-likeness (QED) is 0.689. The molecule has 1 N–H and O–H groups in total. The fraction of sp³-hybridized carbons (Fsp3) is 0.316. The Morgan fingerprint density at radius 2 is 1.88 bits per heavy atom. The highest BCUT2D eigenvalue weighted by atomic mass is 32.2. The van der Waals surface area contributed by atoms with Crippen LogP contribution in [0.1, 0.15) is 32.3 Å². The highest BCUT2D eigenvalue weighted by Crippen LogP contribution is 2.26. The van der Waals surface area contributed by atoms with Crippen LogP contribution < -0.4 is 4.72 Å². The van der Waals surface area contributed by atoms with Crippen LogP contribution in [0.5, 0.6) is 0 Å². The Hall–Kier alpha value is -2.34. The van der Waals surface area contributed by atoms with E-state index >= 15 is 0 Å². The molecule has 3 aromatic rings. The van der Waals surface area contributed by atoms with Gasteiger partial charge in [0, 0.05) is 30.0 Å². The maximum Gasteiger partial charge on any atom is 0.264 e. The molecule has 0 amide bonds. The van der Waals surface area contributed by atoms with Crippen molar-refractivity contribution in [3.05, 3.63) is 54.4 Å². The number of anilines is 1. The lowest BCUT2D eigenvalue weighted by Gasteiger charge is -2.07. The third kappa shape index (κ3) is 3.69. The molecule has 0 bridgehead atoms. The smallest absolute Gasteiger partial charge is 0.264 e. The summed E-state index contributed by atoms with van der Waals surface area (Å²) in [6, 6.07) is 11.0. The minimum atomic E-state index is -3.67. The van der Waals surface area contributed by atoms with E-state index in [1.54, 1.807) is 36.7 Å². The van der Waals surface area contributed by atoms with Gasteiger partial charge >= 0.3 is 0 Å². The Morgan fingerprint density at radius 1 is 1.12 bits per heavy atom. The van der Waals surface area contributed by atoms with Gasteiger partial charge in [-0.3, -0.25) is 4.72 Å². The van der Waals surface area contributed by atoms with Crippen molar-refractivity contribution in [2.75, 3.05) is 4.72 Å². The van der Waals surface area contributed by atoms with Gasteiger partial charge in [0.05, 0.1) is 0 Å². The van der Waals surface area contributed by atoms with E-state index in [-0.39, 0.29) is 4.90 Å². The van der Waals surface area contributed by atoms with Crippen molar-refractivity contribution in [1.29, 1.82) is 0 Å². The summed E-state index contributed by atoms with van der Waals surface area (Å²) in [5.41, 5.74) is 2.44. The molecule has 5 nitrogen and oxygen atoms in total. The Morgan fingerprint density at radius 3 is 2.56 bits per heavy atom. The number of hydrogen-bond donors (Lipinski definition) is 1. The molecule has 0 unspecified atom stereocenters. The van der Waals surface area contributed by atoms with Crippen LogP contribution in [0.4, 0.5) is 5.69 Å². The molecular weight excluding hydrogens is 334 g/mol. The molecule has 0 aliphatic carbocycles. The molecule has 0 spiro atoms. The fourth-order valence-corrected chi connectivity index (χ4v) is 4.09. The van der Waals surface area contributed by atoms with Gasteiger partial charge < -0.3 is 4.57 Å². The van der Waals surface area contributed by atoms with Gasteiger partial charge in [0.2, 0.25) is 0 Å². The van der Waals surface area contributed by atoms with E-state index in [4.69, 9.17) is 0 Å². The van der Waals surface area contributed by atoms with Crippen LogP contribution in [-0.2, 0) is 23.0 Å². The number of nitrogens with one attached hydrogen (secondary N) is 1. The van der Waals surface area contributed by atoms with Gasteiger partial charge in [-0.05, 0) is 42.7 Å². The lowest BCUT2D eigenvalue weighted by Crippen LogP contribution is -2.12. The number of aryl methyl sites for hydroxylation is 2. The number of nitrogens with zero attached hydrogens (tertiary/aromatic N) is 2. The second-order valence-corrected chi connectivity index (χ2v) is 7.72. The number of fused-ring (bicyclic) bond motifs is 1. The highest BCUT2D eigenvalue weighted by Gasteiger charge is 2.21. The summed E-state index contributed by atoms with van der Waals surface area (Å²) in [5, 5.41) is 0.649. The van der Waals surface area contributed by atoms with Gasteiger partial charge in [-0.2, -0.15) is 0 Å². The van der Waals surface area contributed by atoms with Gasteiger partial charge in [0.1, 0.15) is 10.5 Å². The van der Waals surface area contributed by atoms with Crippen molar-refractivity contribution in [2.45, 2.75) is 44.6 Å². The van der Waals surface area contributed by atoms with Crippen LogP contribution >= 0.6 is 0 Å². The first-order chi connectivity index (χ1) is 12.0. The van der Waals surface area contributed by atoms with Crippen molar-refractivity contribution in [1.82, 2.24) is 9.55 Å². The van der Waals surface area contributed by atoms with Crippen LogP contribution in [0.2, 0.25) is 0 Å². The lowest BCUT2D eigenvalue weighted by molar-refractivity contribution is 0.600. The van der Waals surface area contributed by atoms with Crippen LogP contribution in [0.3, 0.4) is 0 Å². The molecule has 0 saturated carbocycles. The highest BCUT2D eigenvalue weighted by molar-refractivity contribution is 7.93. The Balaban J connectivity index is 1.98. The standard InChI is InChI=1S/C19H23N3O2S/c1-3-5-13-22-14-18(17-7-6-12-20-19(17)22)25(23,24)21-16-10-8-15(4-2)9-11-16/h6-12,14,21H,3-5,13H2,1-2H3. The van der Waals surface area contributed by atoms with Gasteiger partial charge in [-0.1, -0.05) is 32.4 Å². The fourth-order valence-electron chi connectivity index (χ4n) is 2.82. The minimum Gasteiger partial charge on any atom is -0.331 e. The predicted octanol–water partition coefficient (Wildman–Crippen LogP) is 4.20. The van der Waals surface area contributed by atoms with Crippen LogP contribution in [0.15, 0.2) is 53.7 Å². The molecule has 0 aliphatic rings. The molecule has 2 aromatic heterocycles. The van der Waals surface area contributed by atoms with Gasteiger partial charge in [0.15, 0.2) is 0 Å². The Bertz CT molecular complexity index is 960. The number of pyridine rings is 1. The molecule has 6 heteroatoms. The zero-order valence-corrected chi connectivity index (χ0v) is 15.4. The number of unbranched alkanes of at least 4 members (excludes halogenated alkanes) is 1. The van der Waals surface area contributed by atoms with E-state index in [2.05, 4.69) is 23.6 Å². The molecule has 0 saturated heterocycles. The molecule has 132 valence electrons. The van der Waals surface area contributed by atoms with Crippen LogP contribution in [0.25, 0.3) is 11.0 Å². The van der Waals surface area contributed by atoms with E-state index in [1.807, 2.05) is 16.7 Å². The average Bonchev–Trinajstić information content (AvgIpc) is 3.00. The molecule has 0 atom stereocenters. The maximum atomic E-state index is 12.9. The summed E-state index contributed by atoms with van der Waals surface area (Å²) >= 11 is 0. The van der Waals surface area contributed by atoms with Gasteiger partial charge in [-0.15, -0.1) is 0 Å². The maximum absolute atomic E-state index is 12.9. The van der Waals surface area contributed by atoms with Crippen molar-refractivity contribution in [3.8, 4) is 0 Å². The van der Waals surface area contributed by atoms with E-state index < -0.39 is 10.0 Å². The molecule has 2 heterocycles. The lowest BCUT2D eigenvalue weighted by atomic mass is 10.2. The molecular formula is C19H23N3O2S. The summed E-state index contributed by atoms with van der Waals surface area (Å²) in [6.07, 6.45) is 6.32. The minimum absolute atomic E-state index is 0.270. The number of benzene rings is 1. The van der Waals surface area contributed by atoms with Crippen molar-refractivity contribution < 1.29 is 8.42 Å². The van der Waals surface area contributed by atoms with Gasteiger partial charge in [0.25, 0.3) is 10.0 Å². The summed E-state index contributed by atoms with van der Waals surface area (Å²) < 4.78 is 30.4. The van der Waals surface area contributed by atoms with Crippen molar-refractivity contribution in [3.63, 3.8) is 0 Å². The second kappa shape index (κ2) is 7.27. The van der Waals surface area contributed by atoms with E-state index in [9.17, 15) is 8.42 Å². The van der Waals surface area contributed by atoms with E-state index in [0.717, 1.165) is 25.8 Å². The number of aromatic nitrogens is 2. The normalized spacial score (nSPS) is 11.8. The summed E-state index contributed by atoms with van der Waals surface area (Å²) in [6.45, 7) is 4.93. The summed E-state index contributed by atoms with van der Waals surface area (Å²) in [4.78, 5) is 4.64. The third-order valence-electron chi connectivity index (χ3n) is 4.25. The number of sulfonamides is 1. The molecule has 3 rings (SSSR count). The summed E-state index contributed by atoms with van der Waals surface area (Å²) in [5.74, 6) is 0. The SMILES string of the molecule is CCCCn1cc(S(=O)(=O)Nc2ccc(CC)cc2)c2cccnc21. The average molecular weight is 357 g/mol. The second-order valence-electron chi connectivity index (χ2n) is 6.07. The first-order valence-corrected chi connectivity index (χ1v) is 10.1. The molecule has 0 radical (unpaired) electrons. The largest absolute Gasteiger partial charge is 0.331 e. The van der Waals surface area contributed by atoms with Crippen molar-refractivity contribution >= 4 is 26.7 Å². The van der Waals surface area contributed by atoms with Crippen molar-refractivity contribution in [2.24, 2.45) is 0 Å². The monoisotopic (exact) mass is 357 g/mol. The summed E-state index contributed by atoms with van der Waals surface area (Å²) in [7, 11) is -3.67. The predicted molar refractivity (Wildman–Crippen MR) is 101 cm³/mol. The Labute approximate surface area is 148 Å². The zero-order valence-electron chi connectivity index (χ0n) is 14.6. The van der Waals surface area contributed by atoms with Crippen LogP contribution in [0, 0.1) is 0 Å². The first kappa shape index (κ1) is 17.5. The van der Waals surface area contributed by atoms with E-state index in [0.29, 0.717) is 16.7 Å².